The molecule has 1 aromatic carbocycles. The Kier molecular flexibility index (Phi) is 3.15. The van der Waals surface area contributed by atoms with E-state index in [9.17, 15) is 0 Å². The van der Waals surface area contributed by atoms with Crippen LogP contribution in [0.25, 0.3) is 10.9 Å². The number of halogens is 1. The van der Waals surface area contributed by atoms with Gasteiger partial charge in [-0.3, -0.25) is 0 Å². The van der Waals surface area contributed by atoms with Crippen LogP contribution in [0.4, 0.5) is 0 Å². The monoisotopic (exact) mass is 233 g/mol. The fourth-order valence-electron chi connectivity index (χ4n) is 2.09. The van der Waals surface area contributed by atoms with Crippen molar-refractivity contribution in [2.45, 2.75) is 33.6 Å². The average Bonchev–Trinajstić information content (AvgIpc) is 2.20. The molecule has 0 N–H and O–H groups in total. The molecule has 2 rings (SSSR count). The maximum atomic E-state index is 6.18. The molecule has 0 bridgehead atoms. The van der Waals surface area contributed by atoms with Crippen molar-refractivity contribution in [1.82, 2.24) is 4.98 Å². The molecule has 0 amide bonds. The number of aryl methyl sites for hydroxylation is 3. The van der Waals surface area contributed by atoms with Gasteiger partial charge in [-0.2, -0.15) is 0 Å². The number of nitrogens with zero attached hydrogens (tertiary/aromatic N) is 1. The molecular formula is C14H16ClN. The van der Waals surface area contributed by atoms with Crippen molar-refractivity contribution in [1.29, 1.82) is 0 Å². The highest BCUT2D eigenvalue weighted by molar-refractivity contribution is 6.30. The fourth-order valence-corrected chi connectivity index (χ4v) is 2.33. The molecule has 0 atom stereocenters. The van der Waals surface area contributed by atoms with Gasteiger partial charge in [-0.25, -0.2) is 4.98 Å². The highest BCUT2D eigenvalue weighted by Crippen LogP contribution is 2.25. The molecule has 0 fully saturated rings. The normalized spacial score (nSPS) is 11.0. The summed E-state index contributed by atoms with van der Waals surface area (Å²) in [6.07, 6.45) is 2.09. The molecule has 0 radical (unpaired) electrons. The van der Waals surface area contributed by atoms with Gasteiger partial charge in [0.2, 0.25) is 0 Å². The van der Waals surface area contributed by atoms with E-state index in [2.05, 4.69) is 44.0 Å². The Hall–Kier alpha value is -1.08. The summed E-state index contributed by atoms with van der Waals surface area (Å²) < 4.78 is 0. The van der Waals surface area contributed by atoms with E-state index >= 15 is 0 Å². The topological polar surface area (TPSA) is 12.9 Å². The molecule has 0 spiro atoms. The van der Waals surface area contributed by atoms with Gasteiger partial charge in [0.25, 0.3) is 0 Å². The van der Waals surface area contributed by atoms with Gasteiger partial charge in [-0.05, 0) is 49.1 Å². The third kappa shape index (κ3) is 2.05. The van der Waals surface area contributed by atoms with E-state index < -0.39 is 0 Å². The van der Waals surface area contributed by atoms with Crippen molar-refractivity contribution < 1.29 is 0 Å². The first kappa shape index (κ1) is 11.4. The first-order valence-electron chi connectivity index (χ1n) is 5.68. The Morgan fingerprint density at radius 3 is 2.62 bits per heavy atom. The zero-order valence-electron chi connectivity index (χ0n) is 9.97. The van der Waals surface area contributed by atoms with Crippen molar-refractivity contribution in [3.8, 4) is 0 Å². The standard InChI is InChI=1S/C14H16ClN/c1-4-5-11-8-12-10(3)6-9(2)7-13(12)16-14(11)15/h6-8H,4-5H2,1-3H3. The molecule has 1 heterocycles. The lowest BCUT2D eigenvalue weighted by Crippen LogP contribution is -1.92. The van der Waals surface area contributed by atoms with E-state index in [1.54, 1.807) is 0 Å². The van der Waals surface area contributed by atoms with Gasteiger partial charge < -0.3 is 0 Å². The van der Waals surface area contributed by atoms with Crippen LogP contribution in [0, 0.1) is 13.8 Å². The van der Waals surface area contributed by atoms with Crippen LogP contribution >= 0.6 is 11.6 Å². The molecule has 1 nitrogen and oxygen atoms in total. The summed E-state index contributed by atoms with van der Waals surface area (Å²) in [6, 6.07) is 6.46. The zero-order valence-corrected chi connectivity index (χ0v) is 10.7. The number of aromatic nitrogens is 1. The van der Waals surface area contributed by atoms with Gasteiger partial charge in [0.15, 0.2) is 0 Å². The van der Waals surface area contributed by atoms with Gasteiger partial charge in [0.1, 0.15) is 5.15 Å². The Morgan fingerprint density at radius 1 is 1.19 bits per heavy atom. The molecular weight excluding hydrogens is 218 g/mol. The van der Waals surface area contributed by atoms with E-state index in [0.29, 0.717) is 5.15 Å². The van der Waals surface area contributed by atoms with Gasteiger partial charge >= 0.3 is 0 Å². The van der Waals surface area contributed by atoms with Crippen LogP contribution in [-0.4, -0.2) is 4.98 Å². The highest BCUT2D eigenvalue weighted by Gasteiger charge is 2.06. The molecule has 0 aliphatic heterocycles. The second-order valence-corrected chi connectivity index (χ2v) is 4.69. The predicted octanol–water partition coefficient (Wildman–Crippen LogP) is 4.46. The van der Waals surface area contributed by atoms with Crippen molar-refractivity contribution in [3.63, 3.8) is 0 Å². The summed E-state index contributed by atoms with van der Waals surface area (Å²) in [5.41, 5.74) is 4.67. The summed E-state index contributed by atoms with van der Waals surface area (Å²) >= 11 is 6.18. The first-order chi connectivity index (χ1) is 7.61. The van der Waals surface area contributed by atoms with E-state index in [1.807, 2.05) is 0 Å². The van der Waals surface area contributed by atoms with Crippen molar-refractivity contribution in [2.24, 2.45) is 0 Å². The van der Waals surface area contributed by atoms with Crippen LogP contribution in [0.3, 0.4) is 0 Å². The number of hydrogen-bond donors (Lipinski definition) is 0. The number of fused-ring (bicyclic) bond motifs is 1. The van der Waals surface area contributed by atoms with Gasteiger partial charge in [-0.1, -0.05) is 31.0 Å². The summed E-state index contributed by atoms with van der Waals surface area (Å²) in [6.45, 7) is 6.37. The van der Waals surface area contributed by atoms with Crippen molar-refractivity contribution in [3.05, 3.63) is 40.0 Å². The van der Waals surface area contributed by atoms with E-state index in [0.717, 1.165) is 23.9 Å². The Bertz CT molecular complexity index is 532. The van der Waals surface area contributed by atoms with E-state index in [1.165, 1.54) is 16.5 Å². The largest absolute Gasteiger partial charge is 0.236 e. The molecule has 84 valence electrons. The number of rotatable bonds is 2. The Balaban J connectivity index is 2.69. The maximum Gasteiger partial charge on any atom is 0.132 e. The van der Waals surface area contributed by atoms with Crippen molar-refractivity contribution in [2.75, 3.05) is 0 Å². The van der Waals surface area contributed by atoms with Crippen LogP contribution in [0.1, 0.15) is 30.0 Å². The minimum Gasteiger partial charge on any atom is -0.236 e. The lowest BCUT2D eigenvalue weighted by Gasteiger charge is -2.08. The predicted molar refractivity (Wildman–Crippen MR) is 70.2 cm³/mol. The molecule has 0 aliphatic rings. The van der Waals surface area contributed by atoms with E-state index in [-0.39, 0.29) is 0 Å². The Morgan fingerprint density at radius 2 is 1.94 bits per heavy atom. The minimum atomic E-state index is 0.652. The fraction of sp³-hybridized carbons (Fsp3) is 0.357. The second-order valence-electron chi connectivity index (χ2n) is 4.34. The summed E-state index contributed by atoms with van der Waals surface area (Å²) in [4.78, 5) is 4.48. The van der Waals surface area contributed by atoms with E-state index in [4.69, 9.17) is 11.6 Å². The molecule has 0 saturated heterocycles. The van der Waals surface area contributed by atoms with Gasteiger partial charge in [0.05, 0.1) is 5.52 Å². The van der Waals surface area contributed by atoms with Crippen LogP contribution in [0.15, 0.2) is 18.2 Å². The van der Waals surface area contributed by atoms with Gasteiger partial charge in [0, 0.05) is 5.39 Å². The maximum absolute atomic E-state index is 6.18. The molecule has 0 aliphatic carbocycles. The molecule has 2 aromatic rings. The average molecular weight is 234 g/mol. The zero-order chi connectivity index (χ0) is 11.7. The number of hydrogen-bond acceptors (Lipinski definition) is 1. The third-order valence-electron chi connectivity index (χ3n) is 2.83. The molecule has 16 heavy (non-hydrogen) atoms. The molecule has 0 unspecified atom stereocenters. The summed E-state index contributed by atoms with van der Waals surface area (Å²) in [5.74, 6) is 0. The van der Waals surface area contributed by atoms with Crippen LogP contribution in [0.2, 0.25) is 5.15 Å². The smallest absolute Gasteiger partial charge is 0.132 e. The van der Waals surface area contributed by atoms with Crippen LogP contribution < -0.4 is 0 Å². The van der Waals surface area contributed by atoms with Crippen LogP contribution in [-0.2, 0) is 6.42 Å². The lowest BCUT2D eigenvalue weighted by atomic mass is 10.0. The third-order valence-corrected chi connectivity index (χ3v) is 3.16. The molecule has 1 aromatic heterocycles. The van der Waals surface area contributed by atoms with Gasteiger partial charge in [-0.15, -0.1) is 0 Å². The summed E-state index contributed by atoms with van der Waals surface area (Å²) in [7, 11) is 0. The quantitative estimate of drug-likeness (QED) is 0.698. The lowest BCUT2D eigenvalue weighted by molar-refractivity contribution is 0.917. The summed E-state index contributed by atoms with van der Waals surface area (Å²) in [5, 5.41) is 1.87. The SMILES string of the molecule is CCCc1cc2c(C)cc(C)cc2nc1Cl. The molecule has 0 saturated carbocycles. The van der Waals surface area contributed by atoms with Crippen LogP contribution in [0.5, 0.6) is 0 Å². The molecule has 2 heteroatoms. The first-order valence-corrected chi connectivity index (χ1v) is 6.06. The number of pyridine rings is 1. The highest BCUT2D eigenvalue weighted by atomic mass is 35.5. The second kappa shape index (κ2) is 4.42. The van der Waals surface area contributed by atoms with Crippen molar-refractivity contribution >= 4 is 22.5 Å². The number of benzene rings is 1. The minimum absolute atomic E-state index is 0.652. The Labute approximate surface area is 101 Å².